The quantitative estimate of drug-likeness (QED) is 0.156. The summed E-state index contributed by atoms with van der Waals surface area (Å²) in [5.74, 6) is -0.741. The lowest BCUT2D eigenvalue weighted by Crippen LogP contribution is -2.41. The number of aromatic hydroxyl groups is 2. The molecule has 0 spiro atoms. The SMILES string of the molecule is CCCCCCCCCCN1C2=C(C(=O)CC(c3ccccc3)C2)C(c2ccc(O)c(O)c2)C2=C1CC(c1ccccc1)CC2=O. The van der Waals surface area contributed by atoms with Gasteiger partial charge in [0.05, 0.1) is 0 Å². The number of ketones is 2. The Hall–Kier alpha value is -4.12. The summed E-state index contributed by atoms with van der Waals surface area (Å²) in [5.41, 5.74) is 6.46. The van der Waals surface area contributed by atoms with Crippen LogP contribution in [0.3, 0.4) is 0 Å². The van der Waals surface area contributed by atoms with Crippen molar-refractivity contribution in [3.63, 3.8) is 0 Å². The van der Waals surface area contributed by atoms with Crippen LogP contribution >= 0.6 is 0 Å². The molecule has 0 bridgehead atoms. The lowest BCUT2D eigenvalue weighted by molar-refractivity contribution is -0.117. The molecule has 1 heterocycles. The summed E-state index contributed by atoms with van der Waals surface area (Å²) >= 11 is 0. The van der Waals surface area contributed by atoms with Gasteiger partial charge in [-0.05, 0) is 59.9 Å². The van der Waals surface area contributed by atoms with E-state index in [-0.39, 0.29) is 34.9 Å². The molecule has 5 nitrogen and oxygen atoms in total. The minimum absolute atomic E-state index is 0.0637. The van der Waals surface area contributed by atoms with Crippen LogP contribution in [0.2, 0.25) is 0 Å². The van der Waals surface area contributed by atoms with Crippen molar-refractivity contribution in [3.8, 4) is 11.5 Å². The van der Waals surface area contributed by atoms with Crippen molar-refractivity contribution in [2.24, 2.45) is 0 Å². The summed E-state index contributed by atoms with van der Waals surface area (Å²) in [7, 11) is 0. The van der Waals surface area contributed by atoms with Crippen LogP contribution in [0.15, 0.2) is 101 Å². The van der Waals surface area contributed by atoms with Crippen molar-refractivity contribution < 1.29 is 19.8 Å². The predicted molar refractivity (Wildman–Crippen MR) is 183 cm³/mol. The Labute approximate surface area is 273 Å². The van der Waals surface area contributed by atoms with Crippen LogP contribution < -0.4 is 0 Å². The molecule has 6 rings (SSSR count). The van der Waals surface area contributed by atoms with E-state index in [2.05, 4.69) is 36.1 Å². The number of phenolic OH excluding ortho intramolecular Hbond substituents is 2. The molecule has 46 heavy (non-hydrogen) atoms. The topological polar surface area (TPSA) is 77.8 Å². The van der Waals surface area contributed by atoms with Crippen LogP contribution in [0.4, 0.5) is 0 Å². The third kappa shape index (κ3) is 6.70. The van der Waals surface area contributed by atoms with Crippen molar-refractivity contribution in [1.82, 2.24) is 4.90 Å². The summed E-state index contributed by atoms with van der Waals surface area (Å²) in [6.45, 7) is 3.03. The molecular formula is C41H47NO4. The second kappa shape index (κ2) is 14.5. The number of hydrogen-bond donors (Lipinski definition) is 2. The van der Waals surface area contributed by atoms with E-state index in [0.717, 1.165) is 54.7 Å². The summed E-state index contributed by atoms with van der Waals surface area (Å²) in [6.07, 6.45) is 11.9. The molecule has 0 radical (unpaired) electrons. The number of hydrogen-bond acceptors (Lipinski definition) is 5. The molecule has 0 fully saturated rings. The molecule has 0 amide bonds. The average Bonchev–Trinajstić information content (AvgIpc) is 3.07. The van der Waals surface area contributed by atoms with E-state index >= 15 is 0 Å². The van der Waals surface area contributed by atoms with Crippen molar-refractivity contribution >= 4 is 11.6 Å². The molecule has 2 unspecified atom stereocenters. The minimum atomic E-state index is -0.556. The molecule has 2 aliphatic carbocycles. The number of rotatable bonds is 12. The van der Waals surface area contributed by atoms with Gasteiger partial charge in [-0.3, -0.25) is 9.59 Å². The molecule has 0 aromatic heterocycles. The van der Waals surface area contributed by atoms with Crippen molar-refractivity contribution in [2.45, 2.75) is 102 Å². The molecule has 5 heteroatoms. The lowest BCUT2D eigenvalue weighted by atomic mass is 9.67. The molecular weight excluding hydrogens is 570 g/mol. The first-order valence-electron chi connectivity index (χ1n) is 17.4. The first-order valence-corrected chi connectivity index (χ1v) is 17.4. The van der Waals surface area contributed by atoms with Gasteiger partial charge in [0.25, 0.3) is 0 Å². The standard InChI is InChI=1S/C41H47NO4/c1-2-3-4-5-6-7-8-15-22-42-33-23-31(28-16-11-9-12-17-28)26-37(45)40(33)39(30-20-21-35(43)36(44)25-30)41-34(42)24-32(27-38(41)46)29-18-13-10-14-19-29/h9-14,16-21,25,31-32,39,43-44H,2-8,15,22-24,26-27H2,1H3. The number of carbonyl (C=O) groups excluding carboxylic acids is 2. The normalized spacial score (nSPS) is 21.4. The Morgan fingerprint density at radius 2 is 1.09 bits per heavy atom. The summed E-state index contributed by atoms with van der Waals surface area (Å²) in [5, 5.41) is 20.7. The van der Waals surface area contributed by atoms with Crippen LogP contribution in [0.1, 0.15) is 118 Å². The van der Waals surface area contributed by atoms with E-state index < -0.39 is 5.92 Å². The number of phenols is 2. The Kier molecular flexibility index (Phi) is 10.1. The summed E-state index contributed by atoms with van der Waals surface area (Å²) < 4.78 is 0. The van der Waals surface area contributed by atoms with Crippen molar-refractivity contribution in [2.75, 3.05) is 6.54 Å². The largest absolute Gasteiger partial charge is 0.504 e. The fourth-order valence-corrected chi connectivity index (χ4v) is 7.94. The minimum Gasteiger partial charge on any atom is -0.504 e. The molecule has 3 aromatic rings. The maximum atomic E-state index is 14.3. The predicted octanol–water partition coefficient (Wildman–Crippen LogP) is 9.44. The van der Waals surface area contributed by atoms with Crippen molar-refractivity contribution in [3.05, 3.63) is 118 Å². The highest BCUT2D eigenvalue weighted by atomic mass is 16.3. The van der Waals surface area contributed by atoms with Gasteiger partial charge in [0.2, 0.25) is 0 Å². The zero-order valence-electron chi connectivity index (χ0n) is 27.1. The Balaban J connectivity index is 1.41. The lowest BCUT2D eigenvalue weighted by Gasteiger charge is -2.46. The number of unbranched alkanes of at least 4 members (excludes halogenated alkanes) is 7. The summed E-state index contributed by atoms with van der Waals surface area (Å²) in [6, 6.07) is 25.4. The van der Waals surface area contributed by atoms with Gasteiger partial charge in [-0.15, -0.1) is 0 Å². The van der Waals surface area contributed by atoms with Gasteiger partial charge < -0.3 is 15.1 Å². The molecule has 240 valence electrons. The van der Waals surface area contributed by atoms with Crippen LogP contribution in [-0.4, -0.2) is 33.2 Å². The number of nitrogens with zero attached hydrogens (tertiary/aromatic N) is 1. The van der Waals surface area contributed by atoms with Gasteiger partial charge in [-0.1, -0.05) is 119 Å². The van der Waals surface area contributed by atoms with Crippen molar-refractivity contribution in [1.29, 1.82) is 0 Å². The molecule has 2 atom stereocenters. The second-order valence-corrected chi connectivity index (χ2v) is 13.4. The maximum absolute atomic E-state index is 14.3. The fraction of sp³-hybridized carbons (Fsp3) is 0.415. The molecule has 0 saturated heterocycles. The first-order chi connectivity index (χ1) is 22.5. The van der Waals surface area contributed by atoms with Crippen LogP contribution in [-0.2, 0) is 9.59 Å². The highest BCUT2D eigenvalue weighted by Gasteiger charge is 2.46. The first kappa shape index (κ1) is 31.8. The average molecular weight is 618 g/mol. The zero-order valence-corrected chi connectivity index (χ0v) is 27.1. The third-order valence-electron chi connectivity index (χ3n) is 10.3. The van der Waals surface area contributed by atoms with Gasteiger partial charge >= 0.3 is 0 Å². The number of carbonyl (C=O) groups is 2. The van der Waals surface area contributed by atoms with Gasteiger partial charge in [0.1, 0.15) is 0 Å². The highest BCUT2D eigenvalue weighted by molar-refractivity contribution is 6.07. The van der Waals surface area contributed by atoms with Gasteiger partial charge in [-0.2, -0.15) is 0 Å². The second-order valence-electron chi connectivity index (χ2n) is 13.4. The molecule has 1 aliphatic heterocycles. The Morgan fingerprint density at radius 3 is 1.59 bits per heavy atom. The highest BCUT2D eigenvalue weighted by Crippen LogP contribution is 2.53. The third-order valence-corrected chi connectivity index (χ3v) is 10.3. The molecule has 3 aromatic carbocycles. The molecule has 3 aliphatic rings. The van der Waals surface area contributed by atoms with E-state index in [4.69, 9.17) is 0 Å². The number of Topliss-reactive ketones (excluding diaryl/α,β-unsaturated/α-hetero) is 2. The van der Waals surface area contributed by atoms with Gasteiger partial charge in [0.15, 0.2) is 23.1 Å². The van der Waals surface area contributed by atoms with E-state index in [0.29, 0.717) is 29.6 Å². The van der Waals surface area contributed by atoms with Gasteiger partial charge in [0, 0.05) is 47.8 Å². The zero-order chi connectivity index (χ0) is 32.0. The number of benzene rings is 3. The number of allylic oxidation sites excluding steroid dienone is 4. The molecule has 2 N–H and O–H groups in total. The molecule has 0 saturated carbocycles. The van der Waals surface area contributed by atoms with Gasteiger partial charge in [-0.25, -0.2) is 0 Å². The maximum Gasteiger partial charge on any atom is 0.162 e. The Bertz CT molecular complexity index is 1520. The smallest absolute Gasteiger partial charge is 0.162 e. The fourth-order valence-electron chi connectivity index (χ4n) is 7.94. The van der Waals surface area contributed by atoms with Crippen LogP contribution in [0.5, 0.6) is 11.5 Å². The van der Waals surface area contributed by atoms with E-state index in [1.165, 1.54) is 50.7 Å². The van der Waals surface area contributed by atoms with E-state index in [1.54, 1.807) is 6.07 Å². The Morgan fingerprint density at radius 1 is 0.587 bits per heavy atom. The van der Waals surface area contributed by atoms with Crippen LogP contribution in [0.25, 0.3) is 0 Å². The van der Waals surface area contributed by atoms with E-state index in [1.807, 2.05) is 36.4 Å². The van der Waals surface area contributed by atoms with Crippen LogP contribution in [0, 0.1) is 0 Å². The summed E-state index contributed by atoms with van der Waals surface area (Å²) in [4.78, 5) is 31.0. The monoisotopic (exact) mass is 617 g/mol. The van der Waals surface area contributed by atoms with E-state index in [9.17, 15) is 19.8 Å².